The fraction of sp³-hybridized carbons (Fsp3) is 0.286. The molecule has 0 radical (unpaired) electrons. The second kappa shape index (κ2) is 5.10. The van der Waals surface area contributed by atoms with E-state index in [0.29, 0.717) is 11.1 Å². The summed E-state index contributed by atoms with van der Waals surface area (Å²) >= 11 is 0. The Kier molecular flexibility index (Phi) is 3.26. The lowest BCUT2D eigenvalue weighted by atomic mass is 10.1. The lowest BCUT2D eigenvalue weighted by Crippen LogP contribution is -2.38. The standard InChI is InChI=1S/C14H14N4O3/c1-9-6-17(16-15-9)7-10(19)8-18-13(20)11-4-2-3-5-12(11)14(18)21/h2-6,10,19H,7-8H2,1H3. The van der Waals surface area contributed by atoms with Crippen molar-refractivity contribution in [3.8, 4) is 0 Å². The van der Waals surface area contributed by atoms with E-state index in [-0.39, 0.29) is 24.9 Å². The molecule has 21 heavy (non-hydrogen) atoms. The predicted molar refractivity (Wildman–Crippen MR) is 72.6 cm³/mol. The van der Waals surface area contributed by atoms with Gasteiger partial charge in [0.2, 0.25) is 0 Å². The van der Waals surface area contributed by atoms with Crippen LogP contribution in [0.1, 0.15) is 26.4 Å². The summed E-state index contributed by atoms with van der Waals surface area (Å²) < 4.78 is 1.48. The Morgan fingerprint density at radius 2 is 1.76 bits per heavy atom. The number of rotatable bonds is 4. The molecule has 0 spiro atoms. The fourth-order valence-electron chi connectivity index (χ4n) is 2.37. The molecule has 1 aromatic heterocycles. The van der Waals surface area contributed by atoms with Gasteiger partial charge in [0, 0.05) is 6.20 Å². The van der Waals surface area contributed by atoms with Crippen LogP contribution in [0.25, 0.3) is 0 Å². The van der Waals surface area contributed by atoms with Gasteiger partial charge in [-0.1, -0.05) is 17.3 Å². The highest BCUT2D eigenvalue weighted by Crippen LogP contribution is 2.22. The molecule has 2 aromatic rings. The first-order valence-corrected chi connectivity index (χ1v) is 6.56. The summed E-state index contributed by atoms with van der Waals surface area (Å²) in [6, 6.07) is 6.65. The number of β-amino-alcohol motifs (C(OH)–C–C–N with tert-alkyl or cyclic N) is 1. The van der Waals surface area contributed by atoms with Crippen LogP contribution in [0.3, 0.4) is 0 Å². The first-order chi connectivity index (χ1) is 10.1. The van der Waals surface area contributed by atoms with E-state index < -0.39 is 6.10 Å². The Bertz CT molecular complexity index is 675. The van der Waals surface area contributed by atoms with Gasteiger partial charge in [-0.3, -0.25) is 14.5 Å². The van der Waals surface area contributed by atoms with Gasteiger partial charge in [0.1, 0.15) is 0 Å². The zero-order valence-electron chi connectivity index (χ0n) is 11.4. The SMILES string of the molecule is Cc1cn(CC(O)CN2C(=O)c3ccccc3C2=O)nn1. The van der Waals surface area contributed by atoms with E-state index in [4.69, 9.17) is 0 Å². The molecule has 1 aliphatic rings. The first kappa shape index (κ1) is 13.4. The van der Waals surface area contributed by atoms with Gasteiger partial charge in [-0.25, -0.2) is 4.68 Å². The summed E-state index contributed by atoms with van der Waals surface area (Å²) in [5.74, 6) is -0.742. The topological polar surface area (TPSA) is 88.3 Å². The zero-order valence-corrected chi connectivity index (χ0v) is 11.4. The van der Waals surface area contributed by atoms with Crippen LogP contribution in [-0.2, 0) is 6.54 Å². The first-order valence-electron chi connectivity index (χ1n) is 6.56. The number of hydrogen-bond donors (Lipinski definition) is 1. The molecule has 7 heteroatoms. The summed E-state index contributed by atoms with van der Waals surface area (Å²) in [5, 5.41) is 17.7. The molecule has 1 atom stereocenters. The quantitative estimate of drug-likeness (QED) is 0.814. The molecule has 1 unspecified atom stereocenters. The largest absolute Gasteiger partial charge is 0.389 e. The van der Waals surface area contributed by atoms with Crippen molar-refractivity contribution in [2.24, 2.45) is 0 Å². The number of aliphatic hydroxyl groups is 1. The third-order valence-electron chi connectivity index (χ3n) is 3.32. The van der Waals surface area contributed by atoms with Crippen molar-refractivity contribution in [1.29, 1.82) is 0 Å². The minimum atomic E-state index is -0.895. The van der Waals surface area contributed by atoms with E-state index in [9.17, 15) is 14.7 Å². The molecule has 108 valence electrons. The molecule has 3 rings (SSSR count). The highest BCUT2D eigenvalue weighted by Gasteiger charge is 2.36. The number of aliphatic hydroxyl groups excluding tert-OH is 1. The Labute approximate surface area is 120 Å². The fourth-order valence-corrected chi connectivity index (χ4v) is 2.37. The molecule has 1 aliphatic heterocycles. The van der Waals surface area contributed by atoms with Gasteiger partial charge in [-0.05, 0) is 19.1 Å². The van der Waals surface area contributed by atoms with Crippen LogP contribution < -0.4 is 0 Å². The van der Waals surface area contributed by atoms with Crippen LogP contribution in [0, 0.1) is 6.92 Å². The minimum absolute atomic E-state index is 0.0642. The molecule has 7 nitrogen and oxygen atoms in total. The number of nitrogens with zero attached hydrogens (tertiary/aromatic N) is 4. The predicted octanol–water partition coefficient (Wildman–Crippen LogP) is 0.244. The zero-order chi connectivity index (χ0) is 15.0. The van der Waals surface area contributed by atoms with Crippen molar-refractivity contribution in [3.05, 3.63) is 47.3 Å². The number of aryl methyl sites for hydroxylation is 1. The molecule has 0 saturated heterocycles. The van der Waals surface area contributed by atoms with Crippen LogP contribution >= 0.6 is 0 Å². The number of aromatic nitrogens is 3. The van der Waals surface area contributed by atoms with Crippen molar-refractivity contribution in [1.82, 2.24) is 19.9 Å². The number of hydrogen-bond acceptors (Lipinski definition) is 5. The third kappa shape index (κ3) is 2.43. The second-order valence-electron chi connectivity index (χ2n) is 5.00. The summed E-state index contributed by atoms with van der Waals surface area (Å²) in [6.07, 6.45) is 0.791. The van der Waals surface area contributed by atoms with E-state index in [2.05, 4.69) is 10.3 Å². The number of fused-ring (bicyclic) bond motifs is 1. The van der Waals surface area contributed by atoms with Gasteiger partial charge < -0.3 is 5.11 Å². The number of imide groups is 1. The van der Waals surface area contributed by atoms with Crippen LogP contribution in [0.15, 0.2) is 30.5 Å². The Morgan fingerprint density at radius 3 is 2.29 bits per heavy atom. The number of carbonyl (C=O) groups is 2. The number of benzene rings is 1. The number of carbonyl (C=O) groups excluding carboxylic acids is 2. The Hall–Kier alpha value is -2.54. The molecule has 2 heterocycles. The molecular formula is C14H14N4O3. The third-order valence-corrected chi connectivity index (χ3v) is 3.32. The van der Waals surface area contributed by atoms with Crippen molar-refractivity contribution in [2.75, 3.05) is 6.54 Å². The van der Waals surface area contributed by atoms with Gasteiger partial charge in [0.05, 0.1) is 36.0 Å². The Morgan fingerprint density at radius 1 is 1.14 bits per heavy atom. The lowest BCUT2D eigenvalue weighted by Gasteiger charge is -2.18. The van der Waals surface area contributed by atoms with E-state index in [1.165, 1.54) is 4.68 Å². The lowest BCUT2D eigenvalue weighted by molar-refractivity contribution is 0.0514. The highest BCUT2D eigenvalue weighted by atomic mass is 16.3. The molecular weight excluding hydrogens is 272 g/mol. The maximum atomic E-state index is 12.2. The summed E-state index contributed by atoms with van der Waals surface area (Å²) in [5.41, 5.74) is 1.50. The Balaban J connectivity index is 1.71. The molecule has 2 amide bonds. The average molecular weight is 286 g/mol. The van der Waals surface area contributed by atoms with Gasteiger partial charge >= 0.3 is 0 Å². The molecule has 1 N–H and O–H groups in total. The summed E-state index contributed by atoms with van der Waals surface area (Å²) in [6.45, 7) is 1.90. The molecule has 0 aliphatic carbocycles. The van der Waals surface area contributed by atoms with E-state index >= 15 is 0 Å². The van der Waals surface area contributed by atoms with Crippen LogP contribution in [-0.4, -0.2) is 49.5 Å². The molecule has 0 saturated carbocycles. The smallest absolute Gasteiger partial charge is 0.261 e. The van der Waals surface area contributed by atoms with Crippen molar-refractivity contribution >= 4 is 11.8 Å². The number of amides is 2. The van der Waals surface area contributed by atoms with E-state index in [0.717, 1.165) is 10.6 Å². The van der Waals surface area contributed by atoms with Gasteiger partial charge in [0.15, 0.2) is 0 Å². The average Bonchev–Trinajstić information content (AvgIpc) is 2.97. The van der Waals surface area contributed by atoms with E-state index in [1.54, 1.807) is 37.4 Å². The van der Waals surface area contributed by atoms with E-state index in [1.807, 2.05) is 0 Å². The van der Waals surface area contributed by atoms with Crippen LogP contribution in [0.2, 0.25) is 0 Å². The minimum Gasteiger partial charge on any atom is -0.389 e. The maximum Gasteiger partial charge on any atom is 0.261 e. The second-order valence-corrected chi connectivity index (χ2v) is 5.00. The van der Waals surface area contributed by atoms with Crippen molar-refractivity contribution in [2.45, 2.75) is 19.6 Å². The molecule has 0 bridgehead atoms. The summed E-state index contributed by atoms with van der Waals surface area (Å²) in [7, 11) is 0. The maximum absolute atomic E-state index is 12.2. The monoisotopic (exact) mass is 286 g/mol. The highest BCUT2D eigenvalue weighted by molar-refractivity contribution is 6.21. The molecule has 0 fully saturated rings. The van der Waals surface area contributed by atoms with Crippen molar-refractivity contribution in [3.63, 3.8) is 0 Å². The summed E-state index contributed by atoms with van der Waals surface area (Å²) in [4.78, 5) is 25.4. The normalized spacial score (nSPS) is 15.4. The molecule has 1 aromatic carbocycles. The van der Waals surface area contributed by atoms with Crippen LogP contribution in [0.4, 0.5) is 0 Å². The van der Waals surface area contributed by atoms with Gasteiger partial charge in [-0.15, -0.1) is 5.10 Å². The van der Waals surface area contributed by atoms with Crippen LogP contribution in [0.5, 0.6) is 0 Å². The van der Waals surface area contributed by atoms with Gasteiger partial charge in [0.25, 0.3) is 11.8 Å². The van der Waals surface area contributed by atoms with Crippen molar-refractivity contribution < 1.29 is 14.7 Å². The van der Waals surface area contributed by atoms with Gasteiger partial charge in [-0.2, -0.15) is 0 Å².